The van der Waals surface area contributed by atoms with Gasteiger partial charge in [-0.1, -0.05) is 13.8 Å². The Kier molecular flexibility index (Phi) is 6.29. The van der Waals surface area contributed by atoms with Crippen molar-refractivity contribution in [3.8, 4) is 0 Å². The molecule has 0 aromatic carbocycles. The van der Waals surface area contributed by atoms with Gasteiger partial charge >= 0.3 is 0 Å². The fourth-order valence-electron chi connectivity index (χ4n) is 1.40. The maximum atomic E-state index is 5.36. The monoisotopic (exact) mass is 189 g/mol. The molecule has 0 unspecified atom stereocenters. The number of hydrogen-bond acceptors (Lipinski definition) is 3. The minimum absolute atomic E-state index is 0.563. The van der Waals surface area contributed by atoms with Gasteiger partial charge in [-0.25, -0.2) is 0 Å². The summed E-state index contributed by atoms with van der Waals surface area (Å²) in [6.45, 7) is 8.29. The van der Waals surface area contributed by atoms with Crippen LogP contribution in [0.25, 0.3) is 0 Å². The summed E-state index contributed by atoms with van der Waals surface area (Å²) in [6.07, 6.45) is 2.23. The summed E-state index contributed by atoms with van der Waals surface area (Å²) in [7, 11) is 3.36. The van der Waals surface area contributed by atoms with Gasteiger partial charge in [0.2, 0.25) is 5.91 Å². The number of ether oxygens (including phenoxy) is 2. The Hall–Kier alpha value is -0.120. The molecule has 0 bridgehead atoms. The van der Waals surface area contributed by atoms with Crippen molar-refractivity contribution in [3.63, 3.8) is 0 Å². The fourth-order valence-corrected chi connectivity index (χ4v) is 1.40. The third-order valence-electron chi connectivity index (χ3n) is 2.32. The molecule has 3 nitrogen and oxygen atoms in total. The van der Waals surface area contributed by atoms with Crippen LogP contribution in [0.1, 0.15) is 33.6 Å². The van der Waals surface area contributed by atoms with E-state index in [9.17, 15) is 0 Å². The van der Waals surface area contributed by atoms with Crippen LogP contribution in [0.15, 0.2) is 0 Å². The van der Waals surface area contributed by atoms with Crippen molar-refractivity contribution in [2.75, 3.05) is 27.3 Å². The van der Waals surface area contributed by atoms with Gasteiger partial charge in [-0.15, -0.1) is 0 Å². The average Bonchev–Trinajstić information content (AvgIpc) is 2.16. The van der Waals surface area contributed by atoms with Crippen LogP contribution in [0.3, 0.4) is 0 Å². The molecule has 0 aromatic rings. The molecular weight excluding hydrogens is 166 g/mol. The van der Waals surface area contributed by atoms with E-state index in [0.29, 0.717) is 0 Å². The predicted molar refractivity (Wildman–Crippen MR) is 54.6 cm³/mol. The molecule has 13 heavy (non-hydrogen) atoms. The van der Waals surface area contributed by atoms with Crippen LogP contribution in [-0.4, -0.2) is 38.1 Å². The highest BCUT2D eigenvalue weighted by molar-refractivity contribution is 4.65. The summed E-state index contributed by atoms with van der Waals surface area (Å²) >= 11 is 0. The molecule has 0 spiro atoms. The van der Waals surface area contributed by atoms with E-state index in [0.717, 1.165) is 25.9 Å². The van der Waals surface area contributed by atoms with Crippen molar-refractivity contribution in [1.29, 1.82) is 0 Å². The van der Waals surface area contributed by atoms with E-state index in [2.05, 4.69) is 18.7 Å². The molecule has 3 heteroatoms. The summed E-state index contributed by atoms with van der Waals surface area (Å²) in [5, 5.41) is 0. The number of methoxy groups -OCH3 is 2. The maximum absolute atomic E-state index is 5.36. The molecule has 0 aliphatic carbocycles. The van der Waals surface area contributed by atoms with E-state index < -0.39 is 5.91 Å². The van der Waals surface area contributed by atoms with Crippen molar-refractivity contribution < 1.29 is 9.47 Å². The standard InChI is InChI=1S/C10H23NO2/c1-6-8-11(9-7-2)10(3,12-4)13-5/h6-9H2,1-5H3. The Morgan fingerprint density at radius 1 is 1.00 bits per heavy atom. The van der Waals surface area contributed by atoms with Gasteiger partial charge < -0.3 is 9.47 Å². The maximum Gasteiger partial charge on any atom is 0.226 e. The lowest BCUT2D eigenvalue weighted by Crippen LogP contribution is -2.50. The average molecular weight is 189 g/mol. The Morgan fingerprint density at radius 2 is 1.38 bits per heavy atom. The van der Waals surface area contributed by atoms with Crippen LogP contribution < -0.4 is 0 Å². The smallest absolute Gasteiger partial charge is 0.226 e. The number of nitrogens with zero attached hydrogens (tertiary/aromatic N) is 1. The lowest BCUT2D eigenvalue weighted by atomic mass is 10.3. The van der Waals surface area contributed by atoms with Crippen LogP contribution >= 0.6 is 0 Å². The highest BCUT2D eigenvalue weighted by Gasteiger charge is 2.30. The van der Waals surface area contributed by atoms with Gasteiger partial charge in [0.25, 0.3) is 0 Å². The van der Waals surface area contributed by atoms with Gasteiger partial charge in [0.05, 0.1) is 0 Å². The lowest BCUT2D eigenvalue weighted by molar-refractivity contribution is -0.283. The minimum Gasteiger partial charge on any atom is -0.341 e. The van der Waals surface area contributed by atoms with Crippen LogP contribution in [0.5, 0.6) is 0 Å². The Bertz CT molecular complexity index is 118. The van der Waals surface area contributed by atoms with Gasteiger partial charge in [0, 0.05) is 34.2 Å². The Morgan fingerprint density at radius 3 is 1.62 bits per heavy atom. The van der Waals surface area contributed by atoms with Gasteiger partial charge in [-0.3, -0.25) is 4.90 Å². The third-order valence-corrected chi connectivity index (χ3v) is 2.32. The second-order valence-electron chi connectivity index (χ2n) is 3.29. The van der Waals surface area contributed by atoms with Crippen LogP contribution in [-0.2, 0) is 9.47 Å². The summed E-state index contributed by atoms with van der Waals surface area (Å²) in [6, 6.07) is 0. The van der Waals surface area contributed by atoms with E-state index in [4.69, 9.17) is 9.47 Å². The van der Waals surface area contributed by atoms with Crippen LogP contribution in [0, 0.1) is 0 Å². The minimum atomic E-state index is -0.563. The molecule has 0 rings (SSSR count). The SMILES string of the molecule is CCCN(CCC)C(C)(OC)OC. The van der Waals surface area contributed by atoms with E-state index >= 15 is 0 Å². The van der Waals surface area contributed by atoms with E-state index in [-0.39, 0.29) is 0 Å². The normalized spacial score (nSPS) is 12.5. The molecule has 0 N–H and O–H groups in total. The number of hydrogen-bond donors (Lipinski definition) is 0. The molecule has 80 valence electrons. The van der Waals surface area contributed by atoms with Gasteiger partial charge in [-0.2, -0.15) is 0 Å². The summed E-state index contributed by atoms with van der Waals surface area (Å²) in [5.74, 6) is -0.563. The number of rotatable bonds is 7. The third kappa shape index (κ3) is 3.63. The molecule has 0 saturated heterocycles. The zero-order valence-electron chi connectivity index (χ0n) is 9.59. The zero-order chi connectivity index (χ0) is 10.3. The Labute approximate surface area is 82.0 Å². The van der Waals surface area contributed by atoms with Crippen molar-refractivity contribution in [2.24, 2.45) is 0 Å². The molecule has 0 atom stereocenters. The zero-order valence-corrected chi connectivity index (χ0v) is 9.59. The largest absolute Gasteiger partial charge is 0.341 e. The summed E-state index contributed by atoms with van der Waals surface area (Å²) in [4.78, 5) is 2.22. The first-order chi connectivity index (χ1) is 6.14. The second-order valence-corrected chi connectivity index (χ2v) is 3.29. The molecule has 0 saturated carbocycles. The highest BCUT2D eigenvalue weighted by atomic mass is 16.7. The van der Waals surface area contributed by atoms with Gasteiger partial charge in [-0.05, 0) is 12.8 Å². The first-order valence-corrected chi connectivity index (χ1v) is 5.00. The molecule has 0 aromatic heterocycles. The highest BCUT2D eigenvalue weighted by Crippen LogP contribution is 2.17. The van der Waals surface area contributed by atoms with Gasteiger partial charge in [0.15, 0.2) is 0 Å². The van der Waals surface area contributed by atoms with Crippen molar-refractivity contribution in [1.82, 2.24) is 4.90 Å². The van der Waals surface area contributed by atoms with Crippen LogP contribution in [0.4, 0.5) is 0 Å². The molecule has 0 amide bonds. The van der Waals surface area contributed by atoms with E-state index in [1.54, 1.807) is 14.2 Å². The molecule has 0 fully saturated rings. The first-order valence-electron chi connectivity index (χ1n) is 5.00. The van der Waals surface area contributed by atoms with Gasteiger partial charge in [0.1, 0.15) is 0 Å². The summed E-state index contributed by atoms with van der Waals surface area (Å²) < 4.78 is 10.7. The lowest BCUT2D eigenvalue weighted by Gasteiger charge is -2.38. The molecular formula is C10H23NO2. The predicted octanol–water partition coefficient (Wildman–Crippen LogP) is 2.07. The van der Waals surface area contributed by atoms with Crippen molar-refractivity contribution in [2.45, 2.75) is 39.5 Å². The topological polar surface area (TPSA) is 21.7 Å². The Balaban J connectivity index is 4.28. The summed E-state index contributed by atoms with van der Waals surface area (Å²) in [5.41, 5.74) is 0. The molecule has 0 aliphatic rings. The van der Waals surface area contributed by atoms with Crippen molar-refractivity contribution >= 4 is 0 Å². The first kappa shape index (κ1) is 12.9. The quantitative estimate of drug-likeness (QED) is 0.572. The fraction of sp³-hybridized carbons (Fsp3) is 1.00. The van der Waals surface area contributed by atoms with E-state index in [1.807, 2.05) is 6.92 Å². The van der Waals surface area contributed by atoms with Crippen molar-refractivity contribution in [3.05, 3.63) is 0 Å². The molecule has 0 radical (unpaired) electrons. The van der Waals surface area contributed by atoms with E-state index in [1.165, 1.54) is 0 Å². The van der Waals surface area contributed by atoms with Crippen LogP contribution in [0.2, 0.25) is 0 Å². The second kappa shape index (κ2) is 6.35. The molecule has 0 aliphatic heterocycles. The molecule has 0 heterocycles.